The Bertz CT molecular complexity index is 694. The number of nitrogens with zero attached hydrogens (tertiary/aromatic N) is 1. The molecule has 0 unspecified atom stereocenters. The SMILES string of the molecule is CNC(=O)C[C@@H]1OC(C)(C)C[C@]12CCCN2C(=O)c1cc(C)oc1C. The van der Waals surface area contributed by atoms with E-state index in [1.807, 2.05) is 32.6 Å². The Labute approximate surface area is 148 Å². The Hall–Kier alpha value is -1.82. The summed E-state index contributed by atoms with van der Waals surface area (Å²) >= 11 is 0. The van der Waals surface area contributed by atoms with Crippen molar-refractivity contribution in [2.75, 3.05) is 13.6 Å². The molecule has 2 atom stereocenters. The van der Waals surface area contributed by atoms with Gasteiger partial charge in [0.2, 0.25) is 5.91 Å². The van der Waals surface area contributed by atoms with Crippen LogP contribution in [-0.2, 0) is 9.53 Å². The fourth-order valence-electron chi connectivity index (χ4n) is 4.60. The van der Waals surface area contributed by atoms with Crippen molar-refractivity contribution >= 4 is 11.8 Å². The van der Waals surface area contributed by atoms with Crippen LogP contribution in [0.25, 0.3) is 0 Å². The number of rotatable bonds is 3. The minimum atomic E-state index is -0.426. The van der Waals surface area contributed by atoms with Crippen LogP contribution in [-0.4, -0.2) is 47.6 Å². The first kappa shape index (κ1) is 18.0. The van der Waals surface area contributed by atoms with Crippen LogP contribution in [0.5, 0.6) is 0 Å². The number of aryl methyl sites for hydroxylation is 2. The summed E-state index contributed by atoms with van der Waals surface area (Å²) in [7, 11) is 1.63. The van der Waals surface area contributed by atoms with Crippen LogP contribution in [0.1, 0.15) is 61.4 Å². The van der Waals surface area contributed by atoms with Crippen molar-refractivity contribution in [3.05, 3.63) is 23.2 Å². The van der Waals surface area contributed by atoms with Crippen LogP contribution in [0.2, 0.25) is 0 Å². The van der Waals surface area contributed by atoms with E-state index >= 15 is 0 Å². The zero-order valence-electron chi connectivity index (χ0n) is 15.8. The molecule has 2 aliphatic rings. The predicted octanol–water partition coefficient (Wildman–Crippen LogP) is 2.57. The van der Waals surface area contributed by atoms with Gasteiger partial charge in [0.1, 0.15) is 11.5 Å². The van der Waals surface area contributed by atoms with Crippen molar-refractivity contribution in [3.8, 4) is 0 Å². The van der Waals surface area contributed by atoms with Gasteiger partial charge in [0.25, 0.3) is 5.91 Å². The number of hydrogen-bond acceptors (Lipinski definition) is 4. The molecule has 25 heavy (non-hydrogen) atoms. The topological polar surface area (TPSA) is 71.8 Å². The molecular weight excluding hydrogens is 320 g/mol. The third kappa shape index (κ3) is 3.08. The summed E-state index contributed by atoms with van der Waals surface area (Å²) in [6, 6.07) is 1.80. The van der Waals surface area contributed by atoms with Crippen molar-refractivity contribution in [2.24, 2.45) is 0 Å². The first-order valence-electron chi connectivity index (χ1n) is 8.96. The van der Waals surface area contributed by atoms with Crippen LogP contribution < -0.4 is 5.32 Å². The van der Waals surface area contributed by atoms with E-state index in [-0.39, 0.29) is 29.9 Å². The number of likely N-dealkylation sites (tertiary alicyclic amines) is 1. The zero-order valence-corrected chi connectivity index (χ0v) is 15.8. The van der Waals surface area contributed by atoms with Crippen LogP contribution in [0.3, 0.4) is 0 Å². The van der Waals surface area contributed by atoms with E-state index in [1.165, 1.54) is 0 Å². The highest BCUT2D eigenvalue weighted by molar-refractivity contribution is 5.96. The Kier molecular flexibility index (Phi) is 4.43. The molecule has 1 aromatic heterocycles. The minimum Gasteiger partial charge on any atom is -0.466 e. The zero-order chi connectivity index (χ0) is 18.4. The summed E-state index contributed by atoms with van der Waals surface area (Å²) in [5.74, 6) is 1.30. The molecule has 3 heterocycles. The molecule has 0 bridgehead atoms. The number of carbonyl (C=O) groups excluding carboxylic acids is 2. The molecule has 0 radical (unpaired) electrons. The Morgan fingerprint density at radius 2 is 2.08 bits per heavy atom. The molecule has 1 aromatic rings. The van der Waals surface area contributed by atoms with Gasteiger partial charge in [-0.1, -0.05) is 0 Å². The van der Waals surface area contributed by atoms with E-state index in [0.717, 1.165) is 25.0 Å². The summed E-state index contributed by atoms with van der Waals surface area (Å²) in [5.41, 5.74) is -0.171. The molecule has 3 rings (SSSR count). The molecule has 0 aromatic carbocycles. The fourth-order valence-corrected chi connectivity index (χ4v) is 4.60. The highest BCUT2D eigenvalue weighted by atomic mass is 16.5. The molecule has 6 heteroatoms. The van der Waals surface area contributed by atoms with E-state index in [9.17, 15) is 9.59 Å². The van der Waals surface area contributed by atoms with Gasteiger partial charge >= 0.3 is 0 Å². The molecule has 138 valence electrons. The van der Waals surface area contributed by atoms with Crippen LogP contribution in [0.4, 0.5) is 0 Å². The van der Waals surface area contributed by atoms with Crippen molar-refractivity contribution in [3.63, 3.8) is 0 Å². The summed E-state index contributed by atoms with van der Waals surface area (Å²) in [4.78, 5) is 27.2. The van der Waals surface area contributed by atoms with Gasteiger partial charge in [-0.3, -0.25) is 9.59 Å². The Morgan fingerprint density at radius 1 is 1.36 bits per heavy atom. The first-order valence-corrected chi connectivity index (χ1v) is 8.96. The summed E-state index contributed by atoms with van der Waals surface area (Å²) in [5, 5.41) is 2.68. The van der Waals surface area contributed by atoms with E-state index in [1.54, 1.807) is 13.1 Å². The van der Waals surface area contributed by atoms with Crippen molar-refractivity contribution < 1.29 is 18.7 Å². The summed E-state index contributed by atoms with van der Waals surface area (Å²) < 4.78 is 11.8. The maximum atomic E-state index is 13.3. The molecule has 1 spiro atoms. The van der Waals surface area contributed by atoms with Gasteiger partial charge in [0.05, 0.1) is 29.2 Å². The second-order valence-electron chi connectivity index (χ2n) is 7.91. The Balaban J connectivity index is 1.95. The number of hydrogen-bond donors (Lipinski definition) is 1. The Morgan fingerprint density at radius 3 is 2.68 bits per heavy atom. The van der Waals surface area contributed by atoms with Gasteiger partial charge in [-0.2, -0.15) is 0 Å². The van der Waals surface area contributed by atoms with Gasteiger partial charge in [0.15, 0.2) is 0 Å². The molecule has 0 saturated carbocycles. The van der Waals surface area contributed by atoms with Gasteiger partial charge in [0, 0.05) is 20.0 Å². The molecule has 1 N–H and O–H groups in total. The monoisotopic (exact) mass is 348 g/mol. The second kappa shape index (κ2) is 6.16. The third-order valence-corrected chi connectivity index (χ3v) is 5.49. The van der Waals surface area contributed by atoms with Crippen molar-refractivity contribution in [1.29, 1.82) is 0 Å². The van der Waals surface area contributed by atoms with Gasteiger partial charge in [-0.25, -0.2) is 0 Å². The molecule has 2 saturated heterocycles. The maximum Gasteiger partial charge on any atom is 0.257 e. The average molecular weight is 348 g/mol. The highest BCUT2D eigenvalue weighted by Gasteiger charge is 2.58. The van der Waals surface area contributed by atoms with E-state index in [0.29, 0.717) is 17.9 Å². The first-order chi connectivity index (χ1) is 11.7. The largest absolute Gasteiger partial charge is 0.466 e. The lowest BCUT2D eigenvalue weighted by molar-refractivity contribution is -0.126. The van der Waals surface area contributed by atoms with E-state index < -0.39 is 5.54 Å². The maximum absolute atomic E-state index is 13.3. The smallest absolute Gasteiger partial charge is 0.257 e. The molecule has 2 amide bonds. The molecule has 2 aliphatic heterocycles. The normalized spacial score (nSPS) is 27.9. The van der Waals surface area contributed by atoms with E-state index in [2.05, 4.69) is 5.32 Å². The predicted molar refractivity (Wildman–Crippen MR) is 93.4 cm³/mol. The molecule has 6 nitrogen and oxygen atoms in total. The quantitative estimate of drug-likeness (QED) is 0.911. The second-order valence-corrected chi connectivity index (χ2v) is 7.91. The fraction of sp³-hybridized carbons (Fsp3) is 0.684. The minimum absolute atomic E-state index is 0.0185. The summed E-state index contributed by atoms with van der Waals surface area (Å²) in [6.07, 6.45) is 2.50. The van der Waals surface area contributed by atoms with E-state index in [4.69, 9.17) is 9.15 Å². The number of furan rings is 1. The standard InChI is InChI=1S/C19H28N2O4/c1-12-9-14(13(2)24-12)17(23)21-8-6-7-19(21)11-18(3,4)25-15(19)10-16(22)20-5/h9,15H,6-8,10-11H2,1-5H3,(H,20,22)/t15-,19+/m0/s1. The molecule has 0 aliphatic carbocycles. The highest BCUT2D eigenvalue weighted by Crippen LogP contribution is 2.49. The van der Waals surface area contributed by atoms with Crippen molar-refractivity contribution in [2.45, 2.75) is 70.6 Å². The van der Waals surface area contributed by atoms with Gasteiger partial charge in [-0.15, -0.1) is 0 Å². The number of nitrogens with one attached hydrogen (secondary N) is 1. The van der Waals surface area contributed by atoms with Gasteiger partial charge in [-0.05, 0) is 46.6 Å². The lowest BCUT2D eigenvalue weighted by Gasteiger charge is -2.38. The lowest BCUT2D eigenvalue weighted by atomic mass is 9.82. The summed E-state index contributed by atoms with van der Waals surface area (Å²) in [6.45, 7) is 8.42. The van der Waals surface area contributed by atoms with Crippen LogP contribution >= 0.6 is 0 Å². The van der Waals surface area contributed by atoms with Crippen LogP contribution in [0.15, 0.2) is 10.5 Å². The molecule has 2 fully saturated rings. The average Bonchev–Trinajstić information content (AvgIpc) is 3.15. The number of ether oxygens (including phenoxy) is 1. The number of amides is 2. The molecular formula is C19H28N2O4. The number of carbonyl (C=O) groups is 2. The third-order valence-electron chi connectivity index (χ3n) is 5.49. The van der Waals surface area contributed by atoms with Crippen molar-refractivity contribution in [1.82, 2.24) is 10.2 Å². The van der Waals surface area contributed by atoms with Gasteiger partial charge < -0.3 is 19.4 Å². The van der Waals surface area contributed by atoms with Crippen LogP contribution in [0, 0.1) is 13.8 Å². The lowest BCUT2D eigenvalue weighted by Crippen LogP contribution is -2.53.